The lowest BCUT2D eigenvalue weighted by Gasteiger charge is -2.21. The average Bonchev–Trinajstić information content (AvgIpc) is 3.50. The van der Waals surface area contributed by atoms with Crippen molar-refractivity contribution in [3.8, 4) is 23.6 Å². The minimum Gasteiger partial charge on any atom is -0.468 e. The van der Waals surface area contributed by atoms with E-state index in [2.05, 4.69) is 16.2 Å². The van der Waals surface area contributed by atoms with Crippen molar-refractivity contribution in [1.82, 2.24) is 13.9 Å². The van der Waals surface area contributed by atoms with Crippen LogP contribution in [0.1, 0.15) is 11.3 Å². The summed E-state index contributed by atoms with van der Waals surface area (Å²) in [5, 5.41) is 2.81. The number of nitrogens with one attached hydrogen (secondary N) is 1. The van der Waals surface area contributed by atoms with Crippen LogP contribution in [0.2, 0.25) is 0 Å². The maximum atomic E-state index is 13.4. The number of rotatable bonds is 9. The van der Waals surface area contributed by atoms with Crippen molar-refractivity contribution in [2.24, 2.45) is 0 Å². The summed E-state index contributed by atoms with van der Waals surface area (Å²) in [6.07, 6.45) is 8.49. The van der Waals surface area contributed by atoms with E-state index in [-0.39, 0.29) is 18.0 Å². The second-order valence-electron chi connectivity index (χ2n) is 7.85. The third-order valence-electron chi connectivity index (χ3n) is 5.30. The number of aromatic nitrogens is 2. The van der Waals surface area contributed by atoms with Gasteiger partial charge in [0.1, 0.15) is 17.3 Å². The Bertz CT molecular complexity index is 1440. The molecule has 0 saturated heterocycles. The molecular formula is C26H24N4O4S. The standard InChI is InChI=1S/C26H24N4O4S/c1-3-15-29-19-27-25(21-8-5-4-6-9-21)26(29)28-24(31)18-30(17-22-10-7-16-34-22)35(32,33)23-13-11-20(2)12-14-23/h1,4-14,16,19H,15,17-18H2,2H3,(H,28,31). The van der Waals surface area contributed by atoms with Gasteiger partial charge >= 0.3 is 0 Å². The smallest absolute Gasteiger partial charge is 0.243 e. The largest absolute Gasteiger partial charge is 0.468 e. The highest BCUT2D eigenvalue weighted by Gasteiger charge is 2.28. The summed E-state index contributed by atoms with van der Waals surface area (Å²) in [4.78, 5) is 17.7. The summed E-state index contributed by atoms with van der Waals surface area (Å²) in [5.41, 5.74) is 2.25. The molecule has 0 atom stereocenters. The molecular weight excluding hydrogens is 464 g/mol. The first kappa shape index (κ1) is 24.0. The van der Waals surface area contributed by atoms with Gasteiger partial charge in [-0.05, 0) is 31.2 Å². The Labute approximate surface area is 204 Å². The lowest BCUT2D eigenvalue weighted by molar-refractivity contribution is -0.116. The van der Waals surface area contributed by atoms with Crippen molar-refractivity contribution in [2.45, 2.75) is 24.9 Å². The molecule has 9 heteroatoms. The highest BCUT2D eigenvalue weighted by molar-refractivity contribution is 7.89. The van der Waals surface area contributed by atoms with E-state index < -0.39 is 22.5 Å². The Morgan fingerprint density at radius 2 is 1.86 bits per heavy atom. The maximum Gasteiger partial charge on any atom is 0.243 e. The van der Waals surface area contributed by atoms with Crippen LogP contribution in [0.5, 0.6) is 0 Å². The van der Waals surface area contributed by atoms with Crippen LogP contribution in [-0.2, 0) is 27.9 Å². The number of aryl methyl sites for hydroxylation is 1. The van der Waals surface area contributed by atoms with Crippen LogP contribution in [0.4, 0.5) is 5.82 Å². The Hall–Kier alpha value is -4.13. The number of carbonyl (C=O) groups is 1. The van der Waals surface area contributed by atoms with Gasteiger partial charge in [-0.2, -0.15) is 4.31 Å². The lowest BCUT2D eigenvalue weighted by Crippen LogP contribution is -2.37. The summed E-state index contributed by atoms with van der Waals surface area (Å²) in [5.74, 6) is 2.80. The number of benzene rings is 2. The highest BCUT2D eigenvalue weighted by atomic mass is 32.2. The Balaban J connectivity index is 1.63. The molecule has 2 heterocycles. The van der Waals surface area contributed by atoms with Crippen LogP contribution in [-0.4, -0.2) is 34.7 Å². The molecule has 4 aromatic rings. The van der Waals surface area contributed by atoms with Gasteiger partial charge in [0.25, 0.3) is 0 Å². The van der Waals surface area contributed by atoms with Crippen LogP contribution in [0.3, 0.4) is 0 Å². The fraction of sp³-hybridized carbons (Fsp3) is 0.154. The quantitative estimate of drug-likeness (QED) is 0.360. The predicted octanol–water partition coefficient (Wildman–Crippen LogP) is 3.91. The van der Waals surface area contributed by atoms with Gasteiger partial charge in [-0.15, -0.1) is 6.42 Å². The fourth-order valence-electron chi connectivity index (χ4n) is 3.53. The number of amides is 1. The number of sulfonamides is 1. The SMILES string of the molecule is C#CCn1cnc(-c2ccccc2)c1NC(=O)CN(Cc1ccco1)S(=O)(=O)c1ccc(C)cc1. The van der Waals surface area contributed by atoms with E-state index in [0.29, 0.717) is 17.3 Å². The first-order valence-electron chi connectivity index (χ1n) is 10.8. The van der Waals surface area contributed by atoms with Crippen molar-refractivity contribution in [2.75, 3.05) is 11.9 Å². The number of terminal acetylenes is 1. The number of nitrogens with zero attached hydrogens (tertiary/aromatic N) is 3. The molecule has 0 aliphatic heterocycles. The third-order valence-corrected chi connectivity index (χ3v) is 7.10. The van der Waals surface area contributed by atoms with Gasteiger partial charge in [-0.25, -0.2) is 13.4 Å². The van der Waals surface area contributed by atoms with E-state index in [1.165, 1.54) is 18.4 Å². The fourth-order valence-corrected chi connectivity index (χ4v) is 4.89. The second kappa shape index (κ2) is 10.4. The molecule has 2 aromatic heterocycles. The van der Waals surface area contributed by atoms with Crippen LogP contribution in [0.25, 0.3) is 11.3 Å². The van der Waals surface area contributed by atoms with Crippen molar-refractivity contribution in [3.63, 3.8) is 0 Å². The topological polar surface area (TPSA) is 97.4 Å². The van der Waals surface area contributed by atoms with E-state index in [1.807, 2.05) is 37.3 Å². The van der Waals surface area contributed by atoms with Crippen molar-refractivity contribution in [1.29, 1.82) is 0 Å². The second-order valence-corrected chi connectivity index (χ2v) is 9.79. The Morgan fingerprint density at radius 1 is 1.11 bits per heavy atom. The number of carbonyl (C=O) groups excluding carboxylic acids is 1. The molecule has 0 aliphatic rings. The molecule has 1 amide bonds. The number of anilines is 1. The van der Waals surface area contributed by atoms with Gasteiger partial charge in [-0.1, -0.05) is 53.9 Å². The zero-order valence-corrected chi connectivity index (χ0v) is 19.9. The minimum atomic E-state index is -3.99. The molecule has 0 radical (unpaired) electrons. The molecule has 2 aromatic carbocycles. The van der Waals surface area contributed by atoms with E-state index in [4.69, 9.17) is 10.8 Å². The van der Waals surface area contributed by atoms with E-state index >= 15 is 0 Å². The van der Waals surface area contributed by atoms with Crippen molar-refractivity contribution in [3.05, 3.63) is 90.6 Å². The predicted molar refractivity (Wildman–Crippen MR) is 133 cm³/mol. The number of hydrogen-bond acceptors (Lipinski definition) is 5. The maximum absolute atomic E-state index is 13.4. The molecule has 178 valence electrons. The van der Waals surface area contributed by atoms with Crippen LogP contribution in [0, 0.1) is 19.3 Å². The van der Waals surface area contributed by atoms with E-state index in [9.17, 15) is 13.2 Å². The normalized spacial score (nSPS) is 11.3. The summed E-state index contributed by atoms with van der Waals surface area (Å²) in [6, 6.07) is 19.1. The first-order chi connectivity index (χ1) is 16.9. The summed E-state index contributed by atoms with van der Waals surface area (Å²) >= 11 is 0. The molecule has 0 aliphatic carbocycles. The molecule has 0 spiro atoms. The van der Waals surface area contributed by atoms with Gasteiger partial charge in [0.05, 0.1) is 37.1 Å². The molecule has 8 nitrogen and oxygen atoms in total. The summed E-state index contributed by atoms with van der Waals surface area (Å²) < 4.78 is 34.9. The van der Waals surface area contributed by atoms with Gasteiger partial charge in [0, 0.05) is 5.56 Å². The molecule has 35 heavy (non-hydrogen) atoms. The van der Waals surface area contributed by atoms with Crippen LogP contribution in [0.15, 0.2) is 88.6 Å². The minimum absolute atomic E-state index is 0.0878. The molecule has 0 bridgehead atoms. The van der Waals surface area contributed by atoms with E-state index in [1.54, 1.807) is 35.2 Å². The summed E-state index contributed by atoms with van der Waals surface area (Å²) in [6.45, 7) is 1.51. The van der Waals surface area contributed by atoms with Gasteiger partial charge < -0.3 is 14.3 Å². The zero-order valence-electron chi connectivity index (χ0n) is 19.1. The van der Waals surface area contributed by atoms with Crippen LogP contribution >= 0.6 is 0 Å². The Morgan fingerprint density at radius 3 is 2.51 bits per heavy atom. The van der Waals surface area contributed by atoms with Crippen molar-refractivity contribution >= 4 is 21.7 Å². The van der Waals surface area contributed by atoms with Gasteiger partial charge in [0.2, 0.25) is 15.9 Å². The monoisotopic (exact) mass is 488 g/mol. The molecule has 0 unspecified atom stereocenters. The van der Waals surface area contributed by atoms with Crippen LogP contribution < -0.4 is 5.32 Å². The number of imidazole rings is 1. The van der Waals surface area contributed by atoms with Crippen molar-refractivity contribution < 1.29 is 17.6 Å². The molecule has 0 fully saturated rings. The number of furan rings is 1. The first-order valence-corrected chi connectivity index (χ1v) is 12.3. The van der Waals surface area contributed by atoms with Gasteiger partial charge in [-0.3, -0.25) is 4.79 Å². The highest BCUT2D eigenvalue weighted by Crippen LogP contribution is 2.27. The number of hydrogen-bond donors (Lipinski definition) is 1. The molecule has 4 rings (SSSR count). The molecule has 1 N–H and O–H groups in total. The van der Waals surface area contributed by atoms with E-state index in [0.717, 1.165) is 15.4 Å². The third kappa shape index (κ3) is 5.51. The van der Waals surface area contributed by atoms with Gasteiger partial charge in [0.15, 0.2) is 0 Å². The molecule has 0 saturated carbocycles. The zero-order chi connectivity index (χ0) is 24.8. The summed E-state index contributed by atoms with van der Waals surface area (Å²) in [7, 11) is -3.99. The lowest BCUT2D eigenvalue weighted by atomic mass is 10.1. The Kier molecular flexibility index (Phi) is 7.15. The average molecular weight is 489 g/mol.